The zero-order valence-corrected chi connectivity index (χ0v) is 19.6. The molecule has 3 aromatic carbocycles. The van der Waals surface area contributed by atoms with Gasteiger partial charge >= 0.3 is 5.97 Å². The average Bonchev–Trinajstić information content (AvgIpc) is 2.81. The number of halogens is 2. The summed E-state index contributed by atoms with van der Waals surface area (Å²) in [6.45, 7) is 5.65. The van der Waals surface area contributed by atoms with Crippen molar-refractivity contribution in [3.63, 3.8) is 0 Å². The Morgan fingerprint density at radius 2 is 1.91 bits per heavy atom. The second kappa shape index (κ2) is 8.57. The van der Waals surface area contributed by atoms with E-state index in [1.54, 1.807) is 57.3 Å². The first-order valence-electron chi connectivity index (χ1n) is 11.4. The van der Waals surface area contributed by atoms with Gasteiger partial charge in [-0.25, -0.2) is 13.6 Å². The molecule has 180 valence electrons. The van der Waals surface area contributed by atoms with Gasteiger partial charge in [0.2, 0.25) is 0 Å². The number of hydrogen-bond acceptors (Lipinski definition) is 4. The third-order valence-corrected chi connectivity index (χ3v) is 6.15. The highest BCUT2D eigenvalue weighted by Gasteiger charge is 2.35. The smallest absolute Gasteiger partial charge is 0.337 e. The van der Waals surface area contributed by atoms with Crippen LogP contribution >= 0.6 is 0 Å². The summed E-state index contributed by atoms with van der Waals surface area (Å²) in [6, 6.07) is 14.0. The molecule has 0 saturated carbocycles. The number of benzene rings is 3. The molecule has 35 heavy (non-hydrogen) atoms. The Kier molecular flexibility index (Phi) is 5.68. The van der Waals surface area contributed by atoms with Gasteiger partial charge < -0.3 is 14.6 Å². The zero-order chi connectivity index (χ0) is 24.9. The molecule has 5 rings (SSSR count). The maximum Gasteiger partial charge on any atom is 0.337 e. The van der Waals surface area contributed by atoms with Crippen molar-refractivity contribution in [2.45, 2.75) is 45.3 Å². The van der Waals surface area contributed by atoms with Crippen molar-refractivity contribution in [2.24, 2.45) is 0 Å². The SMILES string of the molecule is CC(C)(C)OC(C(=O)O)c1c(C(F)F)cc2ccccc2c1-c1ccc2c3c(ccnc13)CCO2. The van der Waals surface area contributed by atoms with Gasteiger partial charge in [0.25, 0.3) is 6.43 Å². The third-order valence-electron chi connectivity index (χ3n) is 6.15. The summed E-state index contributed by atoms with van der Waals surface area (Å²) in [6.07, 6.45) is -2.13. The van der Waals surface area contributed by atoms with Gasteiger partial charge in [0, 0.05) is 34.7 Å². The van der Waals surface area contributed by atoms with Gasteiger partial charge in [-0.05, 0) is 66.9 Å². The molecule has 0 bridgehead atoms. The molecule has 0 radical (unpaired) electrons. The number of fused-ring (bicyclic) bond motifs is 1. The van der Waals surface area contributed by atoms with Gasteiger partial charge in [-0.15, -0.1) is 0 Å². The zero-order valence-electron chi connectivity index (χ0n) is 19.6. The molecule has 5 nitrogen and oxygen atoms in total. The van der Waals surface area contributed by atoms with Gasteiger partial charge in [-0.1, -0.05) is 24.3 Å². The van der Waals surface area contributed by atoms with E-state index in [9.17, 15) is 18.7 Å². The van der Waals surface area contributed by atoms with Gasteiger partial charge in [0.1, 0.15) is 5.75 Å². The fraction of sp³-hybridized carbons (Fsp3) is 0.286. The molecule has 1 aromatic heterocycles. The lowest BCUT2D eigenvalue weighted by Gasteiger charge is -2.29. The minimum absolute atomic E-state index is 0.0552. The lowest BCUT2D eigenvalue weighted by atomic mass is 9.85. The number of pyridine rings is 1. The highest BCUT2D eigenvalue weighted by atomic mass is 19.3. The molecule has 1 aliphatic rings. The predicted molar refractivity (Wildman–Crippen MR) is 130 cm³/mol. The number of hydrogen-bond donors (Lipinski definition) is 1. The molecule has 0 saturated heterocycles. The van der Waals surface area contributed by atoms with Gasteiger partial charge in [0.15, 0.2) is 6.10 Å². The van der Waals surface area contributed by atoms with E-state index in [4.69, 9.17) is 9.47 Å². The van der Waals surface area contributed by atoms with Crippen molar-refractivity contribution in [3.05, 3.63) is 71.4 Å². The van der Waals surface area contributed by atoms with E-state index in [2.05, 4.69) is 4.98 Å². The molecule has 0 spiro atoms. The van der Waals surface area contributed by atoms with Crippen LogP contribution in [0.2, 0.25) is 0 Å². The number of rotatable bonds is 5. The number of alkyl halides is 2. The lowest BCUT2D eigenvalue weighted by Crippen LogP contribution is -2.28. The number of carbonyl (C=O) groups is 1. The van der Waals surface area contributed by atoms with Crippen molar-refractivity contribution in [3.8, 4) is 16.9 Å². The van der Waals surface area contributed by atoms with E-state index in [1.165, 1.54) is 6.07 Å². The van der Waals surface area contributed by atoms with Crippen LogP contribution in [-0.4, -0.2) is 28.3 Å². The fourth-order valence-corrected chi connectivity index (χ4v) is 4.83. The first kappa shape index (κ1) is 23.2. The van der Waals surface area contributed by atoms with E-state index in [0.29, 0.717) is 46.2 Å². The second-order valence-electron chi connectivity index (χ2n) is 9.63. The highest BCUT2D eigenvalue weighted by Crippen LogP contribution is 2.46. The van der Waals surface area contributed by atoms with Crippen LogP contribution in [0, 0.1) is 0 Å². The molecular formula is C28H25F2NO4. The monoisotopic (exact) mass is 477 g/mol. The van der Waals surface area contributed by atoms with E-state index in [-0.39, 0.29) is 11.1 Å². The molecule has 0 fully saturated rings. The summed E-state index contributed by atoms with van der Waals surface area (Å²) < 4.78 is 40.8. The van der Waals surface area contributed by atoms with Crippen LogP contribution in [0.5, 0.6) is 5.75 Å². The molecule has 2 heterocycles. The van der Waals surface area contributed by atoms with E-state index < -0.39 is 24.1 Å². The molecule has 1 unspecified atom stereocenters. The highest BCUT2D eigenvalue weighted by molar-refractivity contribution is 6.08. The van der Waals surface area contributed by atoms with Crippen LogP contribution in [0.1, 0.15) is 50.0 Å². The van der Waals surface area contributed by atoms with Gasteiger partial charge in [-0.2, -0.15) is 0 Å². The number of ether oxygens (including phenoxy) is 2. The summed E-state index contributed by atoms with van der Waals surface area (Å²) in [7, 11) is 0. The number of nitrogens with zero attached hydrogens (tertiary/aromatic N) is 1. The molecule has 0 amide bonds. The van der Waals surface area contributed by atoms with Crippen molar-refractivity contribution in [1.29, 1.82) is 0 Å². The topological polar surface area (TPSA) is 68.7 Å². The summed E-state index contributed by atoms with van der Waals surface area (Å²) in [5.74, 6) is -0.660. The first-order valence-corrected chi connectivity index (χ1v) is 11.4. The molecule has 1 aliphatic heterocycles. The Bertz CT molecular complexity index is 1450. The molecule has 4 aromatic rings. The maximum absolute atomic E-state index is 14.5. The fourth-order valence-electron chi connectivity index (χ4n) is 4.83. The predicted octanol–water partition coefficient (Wildman–Crippen LogP) is 6.87. The number of aromatic nitrogens is 1. The van der Waals surface area contributed by atoms with Crippen LogP contribution in [0.15, 0.2) is 54.7 Å². The third kappa shape index (κ3) is 4.10. The Morgan fingerprint density at radius 1 is 1.14 bits per heavy atom. The van der Waals surface area contributed by atoms with Gasteiger partial charge in [-0.3, -0.25) is 4.98 Å². The Balaban J connectivity index is 1.95. The van der Waals surface area contributed by atoms with Gasteiger partial charge in [0.05, 0.1) is 17.7 Å². The first-order chi connectivity index (χ1) is 16.7. The summed E-state index contributed by atoms with van der Waals surface area (Å²) in [5.41, 5.74) is 1.27. The minimum Gasteiger partial charge on any atom is -0.493 e. The van der Waals surface area contributed by atoms with Crippen LogP contribution in [0.25, 0.3) is 32.8 Å². The van der Waals surface area contributed by atoms with Crippen LogP contribution in [-0.2, 0) is 16.0 Å². The molecule has 0 aliphatic carbocycles. The van der Waals surface area contributed by atoms with E-state index >= 15 is 0 Å². The summed E-state index contributed by atoms with van der Waals surface area (Å²) >= 11 is 0. The Morgan fingerprint density at radius 3 is 2.63 bits per heavy atom. The van der Waals surface area contributed by atoms with Crippen molar-refractivity contribution >= 4 is 27.6 Å². The number of carboxylic acids is 1. The second-order valence-corrected chi connectivity index (χ2v) is 9.63. The van der Waals surface area contributed by atoms with Crippen molar-refractivity contribution < 1.29 is 28.2 Å². The minimum atomic E-state index is -2.91. The quantitative estimate of drug-likeness (QED) is 0.340. The lowest BCUT2D eigenvalue weighted by molar-refractivity contribution is -0.160. The normalized spacial score (nSPS) is 14.3. The van der Waals surface area contributed by atoms with Crippen LogP contribution < -0.4 is 4.74 Å². The number of carboxylic acid groups (broad SMARTS) is 1. The van der Waals surface area contributed by atoms with Crippen LogP contribution in [0.4, 0.5) is 8.78 Å². The molecule has 1 N–H and O–H groups in total. The van der Waals surface area contributed by atoms with E-state index in [1.807, 2.05) is 12.1 Å². The Labute approximate surface area is 201 Å². The van der Waals surface area contributed by atoms with Crippen LogP contribution in [0.3, 0.4) is 0 Å². The largest absolute Gasteiger partial charge is 0.493 e. The molecular weight excluding hydrogens is 452 g/mol. The Hall–Kier alpha value is -3.58. The van der Waals surface area contributed by atoms with E-state index in [0.717, 1.165) is 10.9 Å². The van der Waals surface area contributed by atoms with Crippen molar-refractivity contribution in [2.75, 3.05) is 6.61 Å². The number of aliphatic carboxylic acids is 1. The maximum atomic E-state index is 14.5. The van der Waals surface area contributed by atoms with Crippen molar-refractivity contribution in [1.82, 2.24) is 4.98 Å². The standard InChI is InChI=1S/C28H25F2NO4/c1-28(2,3)35-25(27(32)33)23-19(26(29)30)14-16-6-4-5-7-17(16)22(23)18-8-9-20-21-15(11-13-34-20)10-12-31-24(18)21/h4-10,12,14,25-26H,11,13H2,1-3H3,(H,32,33). The molecule has 1 atom stereocenters. The average molecular weight is 478 g/mol. The summed E-state index contributed by atoms with van der Waals surface area (Å²) in [5, 5.41) is 12.2. The summed E-state index contributed by atoms with van der Waals surface area (Å²) in [4.78, 5) is 17.1. The molecule has 7 heteroatoms.